The molecule has 4 nitrogen and oxygen atoms in total. The van der Waals surface area contributed by atoms with Crippen molar-refractivity contribution in [3.05, 3.63) is 24.3 Å². The van der Waals surface area contributed by atoms with E-state index in [1.54, 1.807) is 0 Å². The summed E-state index contributed by atoms with van der Waals surface area (Å²) in [4.78, 5) is 15.0. The Balaban J connectivity index is 1.91. The lowest BCUT2D eigenvalue weighted by atomic mass is 9.77. The van der Waals surface area contributed by atoms with E-state index in [0.717, 1.165) is 43.8 Å². The van der Waals surface area contributed by atoms with Gasteiger partial charge in [-0.3, -0.25) is 4.79 Å². The third kappa shape index (κ3) is 2.18. The van der Waals surface area contributed by atoms with E-state index in [2.05, 4.69) is 12.2 Å². The summed E-state index contributed by atoms with van der Waals surface area (Å²) in [5, 5.41) is 3.39. The maximum atomic E-state index is 13.1. The lowest BCUT2D eigenvalue weighted by Gasteiger charge is -2.41. The SMILES string of the molecule is CCC1(C(=O)N2CCOc3ccccc32)CCCNC1. The zero-order valence-corrected chi connectivity index (χ0v) is 12.0. The van der Waals surface area contributed by atoms with Gasteiger partial charge in [-0.25, -0.2) is 0 Å². The normalized spacial score (nSPS) is 25.8. The van der Waals surface area contributed by atoms with E-state index in [-0.39, 0.29) is 11.3 Å². The number of fused-ring (bicyclic) bond motifs is 1. The summed E-state index contributed by atoms with van der Waals surface area (Å²) in [5.41, 5.74) is 0.671. The molecule has 4 heteroatoms. The van der Waals surface area contributed by atoms with Crippen LogP contribution in [0.25, 0.3) is 0 Å². The molecule has 1 fully saturated rings. The summed E-state index contributed by atoms with van der Waals surface area (Å²) < 4.78 is 5.65. The molecule has 108 valence electrons. The molecule has 2 heterocycles. The maximum Gasteiger partial charge on any atom is 0.234 e. The molecule has 1 atom stereocenters. The molecular weight excluding hydrogens is 252 g/mol. The Morgan fingerprint density at radius 2 is 2.30 bits per heavy atom. The van der Waals surface area contributed by atoms with Gasteiger partial charge in [-0.1, -0.05) is 19.1 Å². The number of nitrogens with zero attached hydrogens (tertiary/aromatic N) is 1. The van der Waals surface area contributed by atoms with E-state index in [4.69, 9.17) is 4.74 Å². The summed E-state index contributed by atoms with van der Waals surface area (Å²) in [7, 11) is 0. The monoisotopic (exact) mass is 274 g/mol. The van der Waals surface area contributed by atoms with E-state index in [0.29, 0.717) is 13.2 Å². The number of carbonyl (C=O) groups is 1. The van der Waals surface area contributed by atoms with Gasteiger partial charge in [0.15, 0.2) is 0 Å². The van der Waals surface area contributed by atoms with Gasteiger partial charge in [0.2, 0.25) is 5.91 Å². The summed E-state index contributed by atoms with van der Waals surface area (Å²) in [5.74, 6) is 1.07. The Labute approximate surface area is 120 Å². The zero-order valence-electron chi connectivity index (χ0n) is 12.0. The minimum absolute atomic E-state index is 0.247. The molecule has 0 aliphatic carbocycles. The first-order valence-electron chi connectivity index (χ1n) is 7.51. The predicted molar refractivity (Wildman–Crippen MR) is 79.1 cm³/mol. The third-order valence-electron chi connectivity index (χ3n) is 4.58. The minimum Gasteiger partial charge on any atom is -0.490 e. The Kier molecular flexibility index (Phi) is 3.66. The molecule has 1 N–H and O–H groups in total. The van der Waals surface area contributed by atoms with Crippen LogP contribution in [0.4, 0.5) is 5.69 Å². The fourth-order valence-corrected chi connectivity index (χ4v) is 3.27. The predicted octanol–water partition coefficient (Wildman–Crippen LogP) is 2.19. The van der Waals surface area contributed by atoms with Crippen LogP contribution in [0, 0.1) is 5.41 Å². The van der Waals surface area contributed by atoms with Gasteiger partial charge in [0, 0.05) is 6.54 Å². The highest BCUT2D eigenvalue weighted by Gasteiger charge is 2.42. The standard InChI is InChI=1S/C16H22N2O2/c1-2-16(8-5-9-17-12-16)15(19)18-10-11-20-14-7-4-3-6-13(14)18/h3-4,6-7,17H,2,5,8-12H2,1H3. The molecule has 1 saturated heterocycles. The number of rotatable bonds is 2. The van der Waals surface area contributed by atoms with Gasteiger partial charge >= 0.3 is 0 Å². The maximum absolute atomic E-state index is 13.1. The first kappa shape index (κ1) is 13.4. The Morgan fingerprint density at radius 1 is 1.45 bits per heavy atom. The van der Waals surface area contributed by atoms with Crippen LogP contribution in [0.5, 0.6) is 5.75 Å². The van der Waals surface area contributed by atoms with Crippen molar-refractivity contribution >= 4 is 11.6 Å². The number of para-hydroxylation sites is 2. The highest BCUT2D eigenvalue weighted by molar-refractivity contribution is 5.99. The van der Waals surface area contributed by atoms with Crippen molar-refractivity contribution in [3.63, 3.8) is 0 Å². The molecule has 1 unspecified atom stereocenters. The fourth-order valence-electron chi connectivity index (χ4n) is 3.27. The fraction of sp³-hybridized carbons (Fsp3) is 0.562. The van der Waals surface area contributed by atoms with Crippen molar-refractivity contribution in [1.29, 1.82) is 0 Å². The molecule has 0 aromatic heterocycles. The zero-order chi connectivity index (χ0) is 14.0. The molecule has 2 aliphatic rings. The van der Waals surface area contributed by atoms with Crippen LogP contribution in [-0.4, -0.2) is 32.1 Å². The summed E-state index contributed by atoms with van der Waals surface area (Å²) in [6.07, 6.45) is 2.94. The Hall–Kier alpha value is -1.55. The molecule has 0 bridgehead atoms. The smallest absolute Gasteiger partial charge is 0.234 e. The quantitative estimate of drug-likeness (QED) is 0.899. The molecule has 0 radical (unpaired) electrons. The average molecular weight is 274 g/mol. The minimum atomic E-state index is -0.247. The molecule has 1 amide bonds. The van der Waals surface area contributed by atoms with Gasteiger partial charge in [-0.05, 0) is 37.9 Å². The average Bonchev–Trinajstić information content (AvgIpc) is 2.54. The second kappa shape index (κ2) is 5.44. The van der Waals surface area contributed by atoms with Crippen LogP contribution in [0.3, 0.4) is 0 Å². The Bertz CT molecular complexity index is 495. The first-order valence-corrected chi connectivity index (χ1v) is 7.51. The summed E-state index contributed by atoms with van der Waals surface area (Å²) in [6, 6.07) is 7.83. The number of carbonyl (C=O) groups excluding carboxylic acids is 1. The van der Waals surface area contributed by atoms with Gasteiger partial charge in [0.25, 0.3) is 0 Å². The largest absolute Gasteiger partial charge is 0.490 e. The van der Waals surface area contributed by atoms with Crippen molar-refractivity contribution in [2.45, 2.75) is 26.2 Å². The van der Waals surface area contributed by atoms with Gasteiger partial charge in [0.1, 0.15) is 12.4 Å². The number of anilines is 1. The van der Waals surface area contributed by atoms with Gasteiger partial charge in [0.05, 0.1) is 17.6 Å². The number of hydrogen-bond donors (Lipinski definition) is 1. The number of benzene rings is 1. The number of hydrogen-bond acceptors (Lipinski definition) is 3. The molecular formula is C16H22N2O2. The van der Waals surface area contributed by atoms with E-state index >= 15 is 0 Å². The number of ether oxygens (including phenoxy) is 1. The molecule has 2 aliphatic heterocycles. The van der Waals surface area contributed by atoms with Crippen LogP contribution in [0.2, 0.25) is 0 Å². The van der Waals surface area contributed by atoms with Gasteiger partial charge < -0.3 is 15.0 Å². The molecule has 0 saturated carbocycles. The lowest BCUT2D eigenvalue weighted by Crippen LogP contribution is -2.53. The van der Waals surface area contributed by atoms with E-state index in [1.165, 1.54) is 0 Å². The highest BCUT2D eigenvalue weighted by atomic mass is 16.5. The number of nitrogens with one attached hydrogen (secondary N) is 1. The van der Waals surface area contributed by atoms with Gasteiger partial charge in [-0.2, -0.15) is 0 Å². The number of piperidine rings is 1. The lowest BCUT2D eigenvalue weighted by molar-refractivity contribution is -0.129. The second-order valence-electron chi connectivity index (χ2n) is 5.69. The molecule has 3 rings (SSSR count). The van der Waals surface area contributed by atoms with E-state index in [1.807, 2.05) is 29.2 Å². The summed E-state index contributed by atoms with van der Waals surface area (Å²) >= 11 is 0. The molecule has 1 aromatic carbocycles. The van der Waals surface area contributed by atoms with Crippen molar-refractivity contribution in [2.24, 2.45) is 5.41 Å². The molecule has 0 spiro atoms. The Morgan fingerprint density at radius 3 is 3.05 bits per heavy atom. The van der Waals surface area contributed by atoms with Crippen LogP contribution in [0.15, 0.2) is 24.3 Å². The van der Waals surface area contributed by atoms with Gasteiger partial charge in [-0.15, -0.1) is 0 Å². The topological polar surface area (TPSA) is 41.6 Å². The van der Waals surface area contributed by atoms with Crippen molar-refractivity contribution in [2.75, 3.05) is 31.1 Å². The van der Waals surface area contributed by atoms with E-state index in [9.17, 15) is 4.79 Å². The van der Waals surface area contributed by atoms with Crippen LogP contribution in [-0.2, 0) is 4.79 Å². The summed E-state index contributed by atoms with van der Waals surface area (Å²) in [6.45, 7) is 5.17. The third-order valence-corrected chi connectivity index (χ3v) is 4.58. The van der Waals surface area contributed by atoms with Crippen molar-refractivity contribution < 1.29 is 9.53 Å². The van der Waals surface area contributed by atoms with Crippen LogP contribution >= 0.6 is 0 Å². The van der Waals surface area contributed by atoms with Crippen LogP contribution in [0.1, 0.15) is 26.2 Å². The second-order valence-corrected chi connectivity index (χ2v) is 5.69. The van der Waals surface area contributed by atoms with Crippen molar-refractivity contribution in [3.8, 4) is 5.75 Å². The van der Waals surface area contributed by atoms with Crippen molar-refractivity contribution in [1.82, 2.24) is 5.32 Å². The van der Waals surface area contributed by atoms with Crippen LogP contribution < -0.4 is 15.0 Å². The molecule has 1 aromatic rings. The first-order chi connectivity index (χ1) is 9.77. The number of amides is 1. The molecule has 20 heavy (non-hydrogen) atoms. The van der Waals surface area contributed by atoms with E-state index < -0.39 is 0 Å². The highest BCUT2D eigenvalue weighted by Crippen LogP contribution is 2.38.